The Morgan fingerprint density at radius 3 is 2.29 bits per heavy atom. The summed E-state index contributed by atoms with van der Waals surface area (Å²) in [7, 11) is 0. The molecule has 0 bridgehead atoms. The number of hydrogen-bond acceptors (Lipinski definition) is 3. The normalized spacial score (nSPS) is 12.6. The van der Waals surface area contributed by atoms with Crippen molar-refractivity contribution in [3.63, 3.8) is 0 Å². The number of aromatic hydroxyl groups is 1. The first-order valence-corrected chi connectivity index (χ1v) is 12.0. The first kappa shape index (κ1) is 23.0. The number of benzene rings is 3. The van der Waals surface area contributed by atoms with Crippen LogP contribution >= 0.6 is 0 Å². The molecule has 1 N–H and O–H groups in total. The van der Waals surface area contributed by atoms with Crippen LogP contribution in [0.3, 0.4) is 0 Å². The fourth-order valence-corrected chi connectivity index (χ4v) is 4.35. The van der Waals surface area contributed by atoms with Crippen LogP contribution < -0.4 is 0 Å². The maximum absolute atomic E-state index is 10.4. The van der Waals surface area contributed by atoms with E-state index in [9.17, 15) is 5.11 Å². The van der Waals surface area contributed by atoms with Crippen LogP contribution in [0.15, 0.2) is 70.9 Å². The van der Waals surface area contributed by atoms with Gasteiger partial charge in [0.2, 0.25) is 0 Å². The lowest BCUT2D eigenvalue weighted by Crippen LogP contribution is -1.99. The highest BCUT2D eigenvalue weighted by Crippen LogP contribution is 2.38. The van der Waals surface area contributed by atoms with E-state index in [0.29, 0.717) is 11.6 Å². The number of hydrogen-bond donors (Lipinski definition) is 1. The summed E-state index contributed by atoms with van der Waals surface area (Å²) in [4.78, 5) is 0. The van der Waals surface area contributed by atoms with Crippen molar-refractivity contribution in [1.29, 1.82) is 0 Å². The van der Waals surface area contributed by atoms with Gasteiger partial charge in [0.1, 0.15) is 11.4 Å². The zero-order chi connectivity index (χ0) is 21.9. The molecule has 3 heteroatoms. The summed E-state index contributed by atoms with van der Waals surface area (Å²) in [6, 6.07) is 19.9. The van der Waals surface area contributed by atoms with Crippen molar-refractivity contribution in [3.05, 3.63) is 66.2 Å². The summed E-state index contributed by atoms with van der Waals surface area (Å²) in [6.45, 7) is 4.52. The Bertz CT molecular complexity index is 980. The smallest absolute Gasteiger partial charge is 0.143 e. The molecule has 3 aromatic rings. The van der Waals surface area contributed by atoms with Gasteiger partial charge >= 0.3 is 0 Å². The minimum atomic E-state index is 0.164. The highest BCUT2D eigenvalue weighted by atomic mass is 16.3. The monoisotopic (exact) mass is 416 g/mol. The van der Waals surface area contributed by atoms with E-state index in [2.05, 4.69) is 36.2 Å². The van der Waals surface area contributed by atoms with Crippen LogP contribution in [0.25, 0.3) is 10.8 Å². The Labute approximate surface area is 187 Å². The molecule has 3 rings (SSSR count). The van der Waals surface area contributed by atoms with Gasteiger partial charge in [-0.2, -0.15) is 5.11 Å². The SMILES string of the molecule is CCCCCCCCC(CCC)c1ccccc1N=Nc1c(O)ccc2ccccc12. The van der Waals surface area contributed by atoms with Gasteiger partial charge in [0.25, 0.3) is 0 Å². The largest absolute Gasteiger partial charge is 0.506 e. The summed E-state index contributed by atoms with van der Waals surface area (Å²) in [5.41, 5.74) is 2.73. The maximum Gasteiger partial charge on any atom is 0.143 e. The molecule has 0 saturated carbocycles. The van der Waals surface area contributed by atoms with E-state index < -0.39 is 0 Å². The lowest BCUT2D eigenvalue weighted by molar-refractivity contribution is 0.477. The van der Waals surface area contributed by atoms with Gasteiger partial charge in [-0.05, 0) is 41.8 Å². The quantitative estimate of drug-likeness (QED) is 0.232. The molecule has 1 unspecified atom stereocenters. The summed E-state index contributed by atoms with van der Waals surface area (Å²) >= 11 is 0. The second kappa shape index (κ2) is 12.2. The van der Waals surface area contributed by atoms with Gasteiger partial charge in [-0.25, -0.2) is 0 Å². The first-order chi connectivity index (χ1) is 15.2. The van der Waals surface area contributed by atoms with Crippen molar-refractivity contribution in [2.45, 2.75) is 77.6 Å². The van der Waals surface area contributed by atoms with E-state index in [1.165, 1.54) is 56.9 Å². The van der Waals surface area contributed by atoms with Crippen LogP contribution in [0.2, 0.25) is 0 Å². The number of unbranched alkanes of at least 4 members (excludes halogenated alkanes) is 5. The van der Waals surface area contributed by atoms with Crippen molar-refractivity contribution in [1.82, 2.24) is 0 Å². The number of nitrogens with zero attached hydrogens (tertiary/aromatic N) is 2. The van der Waals surface area contributed by atoms with Crippen LogP contribution in [0, 0.1) is 0 Å². The van der Waals surface area contributed by atoms with Crippen molar-refractivity contribution in [2.75, 3.05) is 0 Å². The molecule has 31 heavy (non-hydrogen) atoms. The predicted molar refractivity (Wildman–Crippen MR) is 132 cm³/mol. The highest BCUT2D eigenvalue weighted by Gasteiger charge is 2.15. The first-order valence-electron chi connectivity index (χ1n) is 12.0. The second-order valence-electron chi connectivity index (χ2n) is 8.46. The molecule has 0 heterocycles. The van der Waals surface area contributed by atoms with E-state index >= 15 is 0 Å². The third kappa shape index (κ3) is 6.40. The zero-order valence-electron chi connectivity index (χ0n) is 19.1. The van der Waals surface area contributed by atoms with Gasteiger partial charge in [-0.3, -0.25) is 0 Å². The topological polar surface area (TPSA) is 45.0 Å². The Morgan fingerprint density at radius 1 is 0.710 bits per heavy atom. The minimum absolute atomic E-state index is 0.164. The molecule has 0 aromatic heterocycles. The van der Waals surface area contributed by atoms with E-state index in [1.54, 1.807) is 6.07 Å². The van der Waals surface area contributed by atoms with E-state index in [1.807, 2.05) is 42.5 Å². The fourth-order valence-electron chi connectivity index (χ4n) is 4.35. The molecule has 3 nitrogen and oxygen atoms in total. The van der Waals surface area contributed by atoms with Crippen LogP contribution in [0.5, 0.6) is 5.75 Å². The van der Waals surface area contributed by atoms with Crippen molar-refractivity contribution in [2.24, 2.45) is 10.2 Å². The third-order valence-electron chi connectivity index (χ3n) is 6.06. The molecular formula is C28H36N2O. The lowest BCUT2D eigenvalue weighted by Gasteiger charge is -2.18. The molecule has 0 amide bonds. The zero-order valence-corrected chi connectivity index (χ0v) is 19.1. The second-order valence-corrected chi connectivity index (χ2v) is 8.46. The summed E-state index contributed by atoms with van der Waals surface area (Å²) in [5.74, 6) is 0.671. The van der Waals surface area contributed by atoms with Crippen molar-refractivity contribution in [3.8, 4) is 5.75 Å². The average molecular weight is 417 g/mol. The van der Waals surface area contributed by atoms with E-state index in [-0.39, 0.29) is 5.75 Å². The Balaban J connectivity index is 1.80. The molecule has 3 aromatic carbocycles. The number of phenols is 1. The summed E-state index contributed by atoms with van der Waals surface area (Å²) in [6.07, 6.45) is 11.5. The van der Waals surface area contributed by atoms with Crippen molar-refractivity contribution < 1.29 is 5.11 Å². The third-order valence-corrected chi connectivity index (χ3v) is 6.06. The highest BCUT2D eigenvalue weighted by molar-refractivity contribution is 5.95. The van der Waals surface area contributed by atoms with Gasteiger partial charge in [-0.15, -0.1) is 5.11 Å². The number of rotatable bonds is 12. The molecule has 0 fully saturated rings. The van der Waals surface area contributed by atoms with Gasteiger partial charge in [0, 0.05) is 5.39 Å². The number of azo groups is 1. The van der Waals surface area contributed by atoms with E-state index in [4.69, 9.17) is 0 Å². The maximum atomic E-state index is 10.4. The molecule has 164 valence electrons. The van der Waals surface area contributed by atoms with E-state index in [0.717, 1.165) is 22.9 Å². The van der Waals surface area contributed by atoms with Gasteiger partial charge in [-0.1, -0.05) is 107 Å². The van der Waals surface area contributed by atoms with Crippen molar-refractivity contribution >= 4 is 22.1 Å². The van der Waals surface area contributed by atoms with Gasteiger partial charge in [0.15, 0.2) is 0 Å². The predicted octanol–water partition coefficient (Wildman–Crippen LogP) is 9.60. The molecule has 0 aliphatic heterocycles. The molecule has 0 saturated heterocycles. The standard InChI is InChI=1S/C28H36N2O/c1-3-5-6-7-8-9-15-22(14-4-2)24-17-12-13-19-26(24)29-30-28-25-18-11-10-16-23(25)20-21-27(28)31/h10-13,16-22,31H,3-9,14-15H2,1-2H3. The number of phenolic OH excluding ortho intramolecular Hbond substituents is 1. The van der Waals surface area contributed by atoms with Crippen LogP contribution in [0.1, 0.15) is 83.1 Å². The van der Waals surface area contributed by atoms with Gasteiger partial charge < -0.3 is 5.11 Å². The molecule has 1 atom stereocenters. The molecule has 0 spiro atoms. The molecule has 0 aliphatic rings. The number of fused-ring (bicyclic) bond motifs is 1. The summed E-state index contributed by atoms with van der Waals surface area (Å²) in [5, 5.41) is 21.5. The molecular weight excluding hydrogens is 380 g/mol. The summed E-state index contributed by atoms with van der Waals surface area (Å²) < 4.78 is 0. The molecule has 0 radical (unpaired) electrons. The Kier molecular flexibility index (Phi) is 9.08. The average Bonchev–Trinajstić information content (AvgIpc) is 2.80. The van der Waals surface area contributed by atoms with Crippen LogP contribution in [-0.2, 0) is 0 Å². The van der Waals surface area contributed by atoms with Crippen LogP contribution in [0.4, 0.5) is 11.4 Å². The fraction of sp³-hybridized carbons (Fsp3) is 0.429. The minimum Gasteiger partial charge on any atom is -0.506 e. The van der Waals surface area contributed by atoms with Crippen LogP contribution in [-0.4, -0.2) is 5.11 Å². The molecule has 0 aliphatic carbocycles. The van der Waals surface area contributed by atoms with Gasteiger partial charge in [0.05, 0.1) is 5.69 Å². The lowest BCUT2D eigenvalue weighted by atomic mass is 9.88. The Morgan fingerprint density at radius 2 is 1.45 bits per heavy atom. The Hall–Kier alpha value is -2.68.